The molecule has 4 rings (SSSR count). The van der Waals surface area contributed by atoms with Crippen LogP contribution in [-0.2, 0) is 17.9 Å². The highest BCUT2D eigenvalue weighted by molar-refractivity contribution is 5.80. The third kappa shape index (κ3) is 2.87. The second kappa shape index (κ2) is 6.03. The molecule has 0 radical (unpaired) electrons. The highest BCUT2D eigenvalue weighted by Crippen LogP contribution is 2.29. The van der Waals surface area contributed by atoms with Gasteiger partial charge in [-0.15, -0.1) is 0 Å². The van der Waals surface area contributed by atoms with Crippen LogP contribution in [0.4, 0.5) is 4.39 Å². The molecular formula is C18H17FN4O. The number of aromatic nitrogens is 3. The number of carbonyl (C=O) groups excluding carboxylic acids is 1. The number of benzene rings is 1. The summed E-state index contributed by atoms with van der Waals surface area (Å²) in [6.07, 6.45) is 5.30. The monoisotopic (exact) mass is 324 g/mol. The van der Waals surface area contributed by atoms with E-state index in [0.717, 1.165) is 23.9 Å². The van der Waals surface area contributed by atoms with E-state index in [9.17, 15) is 9.18 Å². The Morgan fingerprint density at radius 3 is 2.88 bits per heavy atom. The molecule has 0 aliphatic heterocycles. The number of amides is 1. The van der Waals surface area contributed by atoms with Gasteiger partial charge in [0.05, 0.1) is 11.7 Å². The minimum absolute atomic E-state index is 0.0467. The summed E-state index contributed by atoms with van der Waals surface area (Å²) >= 11 is 0. The molecule has 1 aliphatic rings. The zero-order valence-electron chi connectivity index (χ0n) is 13.1. The first-order chi connectivity index (χ1) is 11.7. The Morgan fingerprint density at radius 1 is 1.25 bits per heavy atom. The summed E-state index contributed by atoms with van der Waals surface area (Å²) in [5.74, 6) is -0.320. The molecule has 1 saturated carbocycles. The second-order valence-electron chi connectivity index (χ2n) is 6.05. The quantitative estimate of drug-likeness (QED) is 0.725. The number of pyridine rings is 1. The summed E-state index contributed by atoms with van der Waals surface area (Å²) in [7, 11) is 0. The Hall–Kier alpha value is -2.76. The van der Waals surface area contributed by atoms with E-state index >= 15 is 0 Å². The van der Waals surface area contributed by atoms with Crippen molar-refractivity contribution in [3.63, 3.8) is 0 Å². The molecule has 1 aliphatic carbocycles. The summed E-state index contributed by atoms with van der Waals surface area (Å²) in [4.78, 5) is 18.8. The lowest BCUT2D eigenvalue weighted by Crippen LogP contribution is -2.35. The van der Waals surface area contributed by atoms with E-state index in [-0.39, 0.29) is 24.3 Å². The zero-order chi connectivity index (χ0) is 16.5. The van der Waals surface area contributed by atoms with Crippen molar-refractivity contribution >= 4 is 16.9 Å². The third-order valence-electron chi connectivity index (χ3n) is 4.31. The van der Waals surface area contributed by atoms with E-state index in [4.69, 9.17) is 0 Å². The molecule has 1 aromatic carbocycles. The van der Waals surface area contributed by atoms with Crippen LogP contribution in [0.1, 0.15) is 18.4 Å². The smallest absolute Gasteiger partial charge is 0.244 e. The molecule has 5 nitrogen and oxygen atoms in total. The SMILES string of the molecule is O=C(Cn1ncc2ncccc21)N(Cc1ccccc1F)C1CC1. The molecule has 0 saturated heterocycles. The molecule has 3 aromatic rings. The van der Waals surface area contributed by atoms with Crippen LogP contribution >= 0.6 is 0 Å². The van der Waals surface area contributed by atoms with E-state index in [1.165, 1.54) is 6.07 Å². The van der Waals surface area contributed by atoms with Crippen LogP contribution in [0.15, 0.2) is 48.8 Å². The normalized spacial score (nSPS) is 14.0. The molecule has 0 N–H and O–H groups in total. The highest BCUT2D eigenvalue weighted by atomic mass is 19.1. The van der Waals surface area contributed by atoms with Crippen molar-refractivity contribution in [3.05, 3.63) is 60.2 Å². The number of halogens is 1. The van der Waals surface area contributed by atoms with Crippen LogP contribution in [0.2, 0.25) is 0 Å². The third-order valence-corrected chi connectivity index (χ3v) is 4.31. The Kier molecular flexibility index (Phi) is 3.72. The van der Waals surface area contributed by atoms with Crippen LogP contribution in [0.25, 0.3) is 11.0 Å². The fourth-order valence-corrected chi connectivity index (χ4v) is 2.88. The van der Waals surface area contributed by atoms with Crippen LogP contribution in [0.3, 0.4) is 0 Å². The van der Waals surface area contributed by atoms with Crippen molar-refractivity contribution in [3.8, 4) is 0 Å². The van der Waals surface area contributed by atoms with Gasteiger partial charge < -0.3 is 4.90 Å². The topological polar surface area (TPSA) is 51.0 Å². The van der Waals surface area contributed by atoms with Crippen LogP contribution in [-0.4, -0.2) is 31.6 Å². The van der Waals surface area contributed by atoms with Crippen LogP contribution in [0, 0.1) is 5.82 Å². The van der Waals surface area contributed by atoms with E-state index in [2.05, 4.69) is 10.1 Å². The number of hydrogen-bond donors (Lipinski definition) is 0. The fourth-order valence-electron chi connectivity index (χ4n) is 2.88. The van der Waals surface area contributed by atoms with Gasteiger partial charge in [-0.2, -0.15) is 5.10 Å². The summed E-state index contributed by atoms with van der Waals surface area (Å²) in [5, 5.41) is 4.25. The van der Waals surface area contributed by atoms with E-state index in [1.807, 2.05) is 12.1 Å². The molecule has 0 unspecified atom stereocenters. The minimum Gasteiger partial charge on any atom is -0.334 e. The van der Waals surface area contributed by atoms with Crippen LogP contribution in [0.5, 0.6) is 0 Å². The molecule has 2 heterocycles. The standard InChI is InChI=1S/C18H17FN4O/c19-15-5-2-1-4-13(15)11-22(14-7-8-14)18(24)12-23-17-6-3-9-20-16(17)10-21-23/h1-6,9-10,14H,7-8,11-12H2. The van der Waals surface area contributed by atoms with E-state index in [0.29, 0.717) is 12.1 Å². The lowest BCUT2D eigenvalue weighted by atomic mass is 10.2. The van der Waals surface area contributed by atoms with Gasteiger partial charge in [-0.05, 0) is 31.0 Å². The zero-order valence-corrected chi connectivity index (χ0v) is 13.1. The maximum Gasteiger partial charge on any atom is 0.244 e. The van der Waals surface area contributed by atoms with Gasteiger partial charge in [0.15, 0.2) is 0 Å². The van der Waals surface area contributed by atoms with Crippen LogP contribution < -0.4 is 0 Å². The maximum absolute atomic E-state index is 13.9. The fraction of sp³-hybridized carbons (Fsp3) is 0.278. The van der Waals surface area contributed by atoms with Gasteiger partial charge in [-0.3, -0.25) is 14.5 Å². The predicted octanol–water partition coefficient (Wildman–Crippen LogP) is 2.76. The van der Waals surface area contributed by atoms with Gasteiger partial charge >= 0.3 is 0 Å². The average Bonchev–Trinajstić information content (AvgIpc) is 3.36. The number of hydrogen-bond acceptors (Lipinski definition) is 3. The van der Waals surface area contributed by atoms with Gasteiger partial charge in [-0.25, -0.2) is 4.39 Å². The summed E-state index contributed by atoms with van der Waals surface area (Å²) in [5.41, 5.74) is 2.13. The molecule has 1 amide bonds. The highest BCUT2D eigenvalue weighted by Gasteiger charge is 2.33. The van der Waals surface area contributed by atoms with Gasteiger partial charge in [0, 0.05) is 24.3 Å². The van der Waals surface area contributed by atoms with Gasteiger partial charge in [0.25, 0.3) is 0 Å². The van der Waals surface area contributed by atoms with Crippen molar-refractivity contribution in [2.24, 2.45) is 0 Å². The second-order valence-corrected chi connectivity index (χ2v) is 6.05. The molecule has 24 heavy (non-hydrogen) atoms. The van der Waals surface area contributed by atoms with E-state index < -0.39 is 0 Å². The molecule has 1 fully saturated rings. The maximum atomic E-state index is 13.9. The molecular weight excluding hydrogens is 307 g/mol. The molecule has 2 aromatic heterocycles. The summed E-state index contributed by atoms with van der Waals surface area (Å²) in [6, 6.07) is 10.5. The van der Waals surface area contributed by atoms with Gasteiger partial charge in [0.1, 0.15) is 17.9 Å². The van der Waals surface area contributed by atoms with Crippen molar-refractivity contribution in [2.75, 3.05) is 0 Å². The number of nitrogens with zero attached hydrogens (tertiary/aromatic N) is 4. The van der Waals surface area contributed by atoms with Gasteiger partial charge in [0.2, 0.25) is 5.91 Å². The minimum atomic E-state index is -0.273. The van der Waals surface area contributed by atoms with Crippen molar-refractivity contribution in [2.45, 2.75) is 32.0 Å². The number of rotatable bonds is 5. The number of carbonyl (C=O) groups is 1. The lowest BCUT2D eigenvalue weighted by molar-refractivity contribution is -0.133. The molecule has 122 valence electrons. The Balaban J connectivity index is 1.55. The molecule has 0 atom stereocenters. The molecule has 0 spiro atoms. The Morgan fingerprint density at radius 2 is 2.08 bits per heavy atom. The summed E-state index contributed by atoms with van der Waals surface area (Å²) in [6.45, 7) is 0.438. The number of fused-ring (bicyclic) bond motifs is 1. The first-order valence-corrected chi connectivity index (χ1v) is 8.02. The molecule has 0 bridgehead atoms. The van der Waals surface area contributed by atoms with Crippen molar-refractivity contribution in [1.29, 1.82) is 0 Å². The Bertz CT molecular complexity index is 887. The van der Waals surface area contributed by atoms with Gasteiger partial charge in [-0.1, -0.05) is 18.2 Å². The summed E-state index contributed by atoms with van der Waals surface area (Å²) < 4.78 is 15.6. The predicted molar refractivity (Wildman–Crippen MR) is 87.5 cm³/mol. The van der Waals surface area contributed by atoms with Crippen molar-refractivity contribution in [1.82, 2.24) is 19.7 Å². The molecule has 6 heteroatoms. The largest absolute Gasteiger partial charge is 0.334 e. The lowest BCUT2D eigenvalue weighted by Gasteiger charge is -2.23. The van der Waals surface area contributed by atoms with Crippen molar-refractivity contribution < 1.29 is 9.18 Å². The average molecular weight is 324 g/mol. The van der Waals surface area contributed by atoms with E-state index in [1.54, 1.807) is 40.2 Å². The first kappa shape index (κ1) is 14.8. The Labute approximate surface area is 138 Å². The first-order valence-electron chi connectivity index (χ1n) is 8.02.